The van der Waals surface area contributed by atoms with Crippen molar-refractivity contribution >= 4 is 5.91 Å². The van der Waals surface area contributed by atoms with Crippen LogP contribution >= 0.6 is 0 Å². The summed E-state index contributed by atoms with van der Waals surface area (Å²) >= 11 is 0. The van der Waals surface area contributed by atoms with E-state index in [0.29, 0.717) is 23.2 Å². The first-order valence-electron chi connectivity index (χ1n) is 5.85. The molecule has 0 aliphatic rings. The molecule has 2 rings (SSSR count). The van der Waals surface area contributed by atoms with Gasteiger partial charge in [-0.1, -0.05) is 30.3 Å². The molecule has 0 unspecified atom stereocenters. The molecule has 0 bridgehead atoms. The van der Waals surface area contributed by atoms with Gasteiger partial charge in [-0.2, -0.15) is 0 Å². The van der Waals surface area contributed by atoms with Gasteiger partial charge in [0.15, 0.2) is 0 Å². The lowest BCUT2D eigenvalue weighted by molar-refractivity contribution is 0.0956. The fraction of sp³-hybridized carbons (Fsp3) is 0.133. The Balaban J connectivity index is 2.39. The van der Waals surface area contributed by atoms with E-state index in [1.807, 2.05) is 6.92 Å². The van der Waals surface area contributed by atoms with Gasteiger partial charge in [-0.15, -0.1) is 0 Å². The molecule has 1 N–H and O–H groups in total. The van der Waals surface area contributed by atoms with Crippen molar-refractivity contribution in [1.82, 2.24) is 5.32 Å². The Morgan fingerprint density at radius 2 is 1.94 bits per heavy atom. The standard InChI is InChI=1S/C15H14FNO/c1-2-17-15(18)12-7-5-6-11(10-12)13-8-3-4-9-14(13)16/h3-10H,2H2,1H3,(H,17,18). The van der Waals surface area contributed by atoms with Gasteiger partial charge in [0.2, 0.25) is 0 Å². The predicted octanol–water partition coefficient (Wildman–Crippen LogP) is 3.24. The second-order valence-corrected chi connectivity index (χ2v) is 3.92. The van der Waals surface area contributed by atoms with Gasteiger partial charge in [0.25, 0.3) is 5.91 Å². The molecule has 0 saturated heterocycles. The van der Waals surface area contributed by atoms with Gasteiger partial charge in [-0.25, -0.2) is 4.39 Å². The van der Waals surface area contributed by atoms with Crippen LogP contribution in [0.5, 0.6) is 0 Å². The SMILES string of the molecule is CCNC(=O)c1cccc(-c2ccccc2F)c1. The summed E-state index contributed by atoms with van der Waals surface area (Å²) in [6, 6.07) is 13.5. The van der Waals surface area contributed by atoms with Gasteiger partial charge >= 0.3 is 0 Å². The Labute approximate surface area is 105 Å². The van der Waals surface area contributed by atoms with Gasteiger partial charge in [0.05, 0.1) is 0 Å². The second kappa shape index (κ2) is 5.45. The molecule has 0 atom stereocenters. The van der Waals surface area contributed by atoms with Crippen LogP contribution in [0.15, 0.2) is 48.5 Å². The maximum Gasteiger partial charge on any atom is 0.251 e. The third kappa shape index (κ3) is 2.56. The third-order valence-corrected chi connectivity index (χ3v) is 2.65. The predicted molar refractivity (Wildman–Crippen MR) is 69.8 cm³/mol. The molecular weight excluding hydrogens is 229 g/mol. The maximum absolute atomic E-state index is 13.7. The van der Waals surface area contributed by atoms with Crippen molar-refractivity contribution in [3.05, 3.63) is 59.9 Å². The highest BCUT2D eigenvalue weighted by Crippen LogP contribution is 2.23. The number of amides is 1. The number of benzene rings is 2. The average Bonchev–Trinajstić information content (AvgIpc) is 2.40. The van der Waals surface area contributed by atoms with Gasteiger partial charge in [-0.3, -0.25) is 4.79 Å². The largest absolute Gasteiger partial charge is 0.352 e. The molecule has 0 fully saturated rings. The molecule has 0 aromatic heterocycles. The minimum Gasteiger partial charge on any atom is -0.352 e. The summed E-state index contributed by atoms with van der Waals surface area (Å²) in [7, 11) is 0. The van der Waals surface area contributed by atoms with Crippen molar-refractivity contribution < 1.29 is 9.18 Å². The highest BCUT2D eigenvalue weighted by Gasteiger charge is 2.08. The quantitative estimate of drug-likeness (QED) is 0.881. The maximum atomic E-state index is 13.7. The van der Waals surface area contributed by atoms with Crippen LogP contribution in [0.2, 0.25) is 0 Å². The molecule has 3 heteroatoms. The highest BCUT2D eigenvalue weighted by atomic mass is 19.1. The van der Waals surface area contributed by atoms with Crippen LogP contribution in [0.4, 0.5) is 4.39 Å². The van der Waals surface area contributed by atoms with Crippen molar-refractivity contribution in [2.24, 2.45) is 0 Å². The number of carbonyl (C=O) groups excluding carboxylic acids is 1. The molecule has 92 valence electrons. The molecule has 0 radical (unpaired) electrons. The molecule has 0 aliphatic carbocycles. The Bertz CT molecular complexity index is 566. The monoisotopic (exact) mass is 243 g/mol. The fourth-order valence-electron chi connectivity index (χ4n) is 1.79. The summed E-state index contributed by atoms with van der Waals surface area (Å²) in [6.07, 6.45) is 0. The van der Waals surface area contributed by atoms with E-state index >= 15 is 0 Å². The van der Waals surface area contributed by atoms with Crippen LogP contribution in [0.1, 0.15) is 17.3 Å². The molecule has 0 saturated carbocycles. The first kappa shape index (κ1) is 12.3. The normalized spacial score (nSPS) is 10.1. The van der Waals surface area contributed by atoms with E-state index in [-0.39, 0.29) is 11.7 Å². The van der Waals surface area contributed by atoms with E-state index in [4.69, 9.17) is 0 Å². The van der Waals surface area contributed by atoms with Crippen molar-refractivity contribution in [1.29, 1.82) is 0 Å². The van der Waals surface area contributed by atoms with Crippen LogP contribution in [0, 0.1) is 5.82 Å². The molecule has 0 spiro atoms. The van der Waals surface area contributed by atoms with Crippen LogP contribution in [-0.2, 0) is 0 Å². The summed E-state index contributed by atoms with van der Waals surface area (Å²) in [6.45, 7) is 2.43. The molecular formula is C15H14FNO. The minimum atomic E-state index is -0.287. The van der Waals surface area contributed by atoms with Crippen LogP contribution in [0.25, 0.3) is 11.1 Å². The third-order valence-electron chi connectivity index (χ3n) is 2.65. The van der Waals surface area contributed by atoms with E-state index in [0.717, 1.165) is 0 Å². The number of halogens is 1. The van der Waals surface area contributed by atoms with Crippen molar-refractivity contribution in [2.45, 2.75) is 6.92 Å². The second-order valence-electron chi connectivity index (χ2n) is 3.92. The molecule has 1 amide bonds. The number of carbonyl (C=O) groups is 1. The summed E-state index contributed by atoms with van der Waals surface area (Å²) in [5.74, 6) is -0.429. The van der Waals surface area contributed by atoms with E-state index in [1.165, 1.54) is 6.07 Å². The highest BCUT2D eigenvalue weighted by molar-refractivity contribution is 5.95. The van der Waals surface area contributed by atoms with E-state index in [2.05, 4.69) is 5.32 Å². The molecule has 2 nitrogen and oxygen atoms in total. The van der Waals surface area contributed by atoms with Crippen molar-refractivity contribution in [2.75, 3.05) is 6.54 Å². The summed E-state index contributed by atoms with van der Waals surface area (Å²) in [5.41, 5.74) is 1.75. The summed E-state index contributed by atoms with van der Waals surface area (Å²) in [5, 5.41) is 2.72. The smallest absolute Gasteiger partial charge is 0.251 e. The molecule has 0 aliphatic heterocycles. The van der Waals surface area contributed by atoms with E-state index < -0.39 is 0 Å². The zero-order valence-corrected chi connectivity index (χ0v) is 10.1. The number of hydrogen-bond acceptors (Lipinski definition) is 1. The lowest BCUT2D eigenvalue weighted by Crippen LogP contribution is -2.22. The Hall–Kier alpha value is -2.16. The first-order valence-corrected chi connectivity index (χ1v) is 5.85. The van der Waals surface area contributed by atoms with Crippen LogP contribution in [0.3, 0.4) is 0 Å². The van der Waals surface area contributed by atoms with Gasteiger partial charge in [-0.05, 0) is 30.7 Å². The lowest BCUT2D eigenvalue weighted by atomic mass is 10.0. The van der Waals surface area contributed by atoms with E-state index in [1.54, 1.807) is 42.5 Å². The van der Waals surface area contributed by atoms with Crippen LogP contribution < -0.4 is 5.32 Å². The van der Waals surface area contributed by atoms with E-state index in [9.17, 15) is 9.18 Å². The van der Waals surface area contributed by atoms with Crippen LogP contribution in [-0.4, -0.2) is 12.5 Å². The average molecular weight is 243 g/mol. The number of nitrogens with one attached hydrogen (secondary N) is 1. The van der Waals surface area contributed by atoms with Crippen molar-refractivity contribution in [3.8, 4) is 11.1 Å². The molecule has 0 heterocycles. The van der Waals surface area contributed by atoms with Gasteiger partial charge in [0.1, 0.15) is 5.82 Å². The van der Waals surface area contributed by atoms with Crippen molar-refractivity contribution in [3.63, 3.8) is 0 Å². The Morgan fingerprint density at radius 1 is 1.17 bits per heavy atom. The minimum absolute atomic E-state index is 0.143. The first-order chi connectivity index (χ1) is 8.72. The molecule has 18 heavy (non-hydrogen) atoms. The zero-order chi connectivity index (χ0) is 13.0. The lowest BCUT2D eigenvalue weighted by Gasteiger charge is -2.06. The summed E-state index contributed by atoms with van der Waals surface area (Å²) < 4.78 is 13.7. The Kier molecular flexibility index (Phi) is 3.72. The topological polar surface area (TPSA) is 29.1 Å². The molecule has 2 aromatic rings. The summed E-state index contributed by atoms with van der Waals surface area (Å²) in [4.78, 5) is 11.7. The van der Waals surface area contributed by atoms with Gasteiger partial charge < -0.3 is 5.32 Å². The van der Waals surface area contributed by atoms with Gasteiger partial charge in [0, 0.05) is 17.7 Å². The number of hydrogen-bond donors (Lipinski definition) is 1. The zero-order valence-electron chi connectivity index (χ0n) is 10.1. The Morgan fingerprint density at radius 3 is 2.67 bits per heavy atom. The fourth-order valence-corrected chi connectivity index (χ4v) is 1.79. The number of rotatable bonds is 3. The molecule has 2 aromatic carbocycles.